The van der Waals surface area contributed by atoms with Crippen molar-refractivity contribution in [3.05, 3.63) is 24.5 Å². The maximum atomic E-state index is 8.12. The number of nitrogens with zero attached hydrogens (tertiary/aromatic N) is 1. The summed E-state index contributed by atoms with van der Waals surface area (Å²) in [6, 6.07) is 3.50. The lowest BCUT2D eigenvalue weighted by Gasteiger charge is -1.83. The summed E-state index contributed by atoms with van der Waals surface area (Å²) in [4.78, 5) is 20.0. The van der Waals surface area contributed by atoms with Crippen LogP contribution in [-0.2, 0) is 9.59 Å². The first-order valence-electron chi connectivity index (χ1n) is 2.46. The van der Waals surface area contributed by atoms with Crippen LogP contribution in [0.25, 0.3) is 0 Å². The highest BCUT2D eigenvalue weighted by atomic mass is 16.2. The SMILES string of the molecule is Nc1ccncc1.O=C=O. The molecule has 1 rings (SSSR count). The predicted octanol–water partition coefficient (Wildman–Crippen LogP) is 0.0803. The molecule has 0 atom stereocenters. The van der Waals surface area contributed by atoms with Crippen molar-refractivity contribution >= 4 is 11.8 Å². The maximum absolute atomic E-state index is 8.12. The third-order valence-corrected chi connectivity index (χ3v) is 0.706. The number of anilines is 1. The topological polar surface area (TPSA) is 73.0 Å². The average molecular weight is 138 g/mol. The molecule has 2 N–H and O–H groups in total. The molecule has 0 amide bonds. The molecule has 0 saturated heterocycles. The third-order valence-electron chi connectivity index (χ3n) is 0.706. The van der Waals surface area contributed by atoms with Crippen LogP contribution in [-0.4, -0.2) is 11.1 Å². The molecule has 1 heterocycles. The first kappa shape index (κ1) is 8.33. The molecule has 10 heavy (non-hydrogen) atoms. The zero-order chi connectivity index (χ0) is 7.82. The number of rotatable bonds is 0. The molecule has 0 radical (unpaired) electrons. The number of nitrogen functional groups attached to an aromatic ring is 1. The van der Waals surface area contributed by atoms with Gasteiger partial charge in [-0.15, -0.1) is 0 Å². The quantitative estimate of drug-likeness (QED) is 0.551. The molecular formula is C6H6N2O2. The van der Waals surface area contributed by atoms with E-state index in [2.05, 4.69) is 4.98 Å². The Morgan fingerprint density at radius 1 is 1.30 bits per heavy atom. The molecule has 0 aliphatic rings. The molecule has 0 aliphatic heterocycles. The van der Waals surface area contributed by atoms with Crippen LogP contribution in [0.3, 0.4) is 0 Å². The van der Waals surface area contributed by atoms with Gasteiger partial charge in [0, 0.05) is 18.1 Å². The van der Waals surface area contributed by atoms with E-state index >= 15 is 0 Å². The van der Waals surface area contributed by atoms with E-state index < -0.39 is 0 Å². The van der Waals surface area contributed by atoms with Gasteiger partial charge in [0.2, 0.25) is 0 Å². The number of aromatic nitrogens is 1. The second kappa shape index (κ2) is 5.47. The summed E-state index contributed by atoms with van der Waals surface area (Å²) in [5, 5.41) is 0. The molecule has 1 aromatic rings. The summed E-state index contributed by atoms with van der Waals surface area (Å²) in [5.74, 6) is 0. The summed E-state index contributed by atoms with van der Waals surface area (Å²) in [6.45, 7) is 0. The summed E-state index contributed by atoms with van der Waals surface area (Å²) >= 11 is 0. The molecule has 4 nitrogen and oxygen atoms in total. The number of pyridine rings is 1. The molecule has 0 saturated carbocycles. The van der Waals surface area contributed by atoms with Gasteiger partial charge in [-0.1, -0.05) is 0 Å². The number of hydrogen-bond donors (Lipinski definition) is 1. The molecule has 0 spiro atoms. The second-order valence-electron chi connectivity index (χ2n) is 1.36. The normalized spacial score (nSPS) is 6.80. The van der Waals surface area contributed by atoms with Crippen molar-refractivity contribution in [1.29, 1.82) is 0 Å². The van der Waals surface area contributed by atoms with Gasteiger partial charge in [0.1, 0.15) is 0 Å². The highest BCUT2D eigenvalue weighted by Gasteiger charge is 1.73. The van der Waals surface area contributed by atoms with E-state index in [4.69, 9.17) is 15.3 Å². The number of hydrogen-bond acceptors (Lipinski definition) is 4. The Morgan fingerprint density at radius 3 is 1.90 bits per heavy atom. The van der Waals surface area contributed by atoms with Crippen LogP contribution < -0.4 is 5.73 Å². The Hall–Kier alpha value is -1.67. The predicted molar refractivity (Wildman–Crippen MR) is 33.7 cm³/mol. The van der Waals surface area contributed by atoms with Gasteiger partial charge in [-0.3, -0.25) is 4.98 Å². The van der Waals surface area contributed by atoms with Crippen molar-refractivity contribution in [3.8, 4) is 0 Å². The molecule has 0 fully saturated rings. The van der Waals surface area contributed by atoms with E-state index in [1.165, 1.54) is 0 Å². The molecule has 0 aliphatic carbocycles. The summed E-state index contributed by atoms with van der Waals surface area (Å²) < 4.78 is 0. The lowest BCUT2D eigenvalue weighted by molar-refractivity contribution is -0.191. The monoisotopic (exact) mass is 138 g/mol. The van der Waals surface area contributed by atoms with Crippen LogP contribution in [0.15, 0.2) is 24.5 Å². The zero-order valence-corrected chi connectivity index (χ0v) is 5.15. The highest BCUT2D eigenvalue weighted by molar-refractivity contribution is 5.33. The van der Waals surface area contributed by atoms with Crippen LogP contribution >= 0.6 is 0 Å². The van der Waals surface area contributed by atoms with E-state index in [0.29, 0.717) is 0 Å². The Balaban J connectivity index is 0.000000236. The minimum absolute atomic E-state index is 0.250. The molecular weight excluding hydrogens is 132 g/mol. The van der Waals surface area contributed by atoms with Gasteiger partial charge in [-0.2, -0.15) is 9.59 Å². The van der Waals surface area contributed by atoms with Crippen LogP contribution in [0.1, 0.15) is 0 Å². The Morgan fingerprint density at radius 2 is 1.70 bits per heavy atom. The van der Waals surface area contributed by atoms with Gasteiger partial charge in [-0.25, -0.2) is 0 Å². The smallest absolute Gasteiger partial charge is 0.373 e. The Labute approximate surface area is 57.7 Å². The fourth-order valence-corrected chi connectivity index (χ4v) is 0.363. The minimum Gasteiger partial charge on any atom is -0.399 e. The van der Waals surface area contributed by atoms with E-state index in [-0.39, 0.29) is 6.15 Å². The molecule has 0 bridgehead atoms. The first-order valence-corrected chi connectivity index (χ1v) is 2.46. The highest BCUT2D eigenvalue weighted by Crippen LogP contribution is 1.92. The number of carbonyl (C=O) groups excluding carboxylic acids is 2. The standard InChI is InChI=1S/C5H6N2.CO2/c6-5-1-3-7-4-2-5;2-1-3/h1-4H,(H2,6,7);. The second-order valence-corrected chi connectivity index (χ2v) is 1.36. The Bertz CT molecular complexity index is 204. The fourth-order valence-electron chi connectivity index (χ4n) is 0.363. The molecule has 1 aromatic heterocycles. The molecule has 52 valence electrons. The van der Waals surface area contributed by atoms with Gasteiger partial charge in [0.05, 0.1) is 0 Å². The molecule has 4 heteroatoms. The van der Waals surface area contributed by atoms with Crippen molar-refractivity contribution in [2.75, 3.05) is 5.73 Å². The van der Waals surface area contributed by atoms with Crippen molar-refractivity contribution in [3.63, 3.8) is 0 Å². The van der Waals surface area contributed by atoms with Crippen molar-refractivity contribution < 1.29 is 9.59 Å². The van der Waals surface area contributed by atoms with E-state index in [9.17, 15) is 0 Å². The summed E-state index contributed by atoms with van der Waals surface area (Å²) in [7, 11) is 0. The zero-order valence-electron chi connectivity index (χ0n) is 5.15. The van der Waals surface area contributed by atoms with Crippen LogP contribution in [0, 0.1) is 0 Å². The number of nitrogens with two attached hydrogens (primary N) is 1. The third kappa shape index (κ3) is 4.49. The van der Waals surface area contributed by atoms with Crippen molar-refractivity contribution in [2.45, 2.75) is 0 Å². The van der Waals surface area contributed by atoms with Gasteiger partial charge in [0.25, 0.3) is 0 Å². The maximum Gasteiger partial charge on any atom is 0.373 e. The lowest BCUT2D eigenvalue weighted by atomic mass is 10.4. The van der Waals surface area contributed by atoms with Crippen LogP contribution in [0.2, 0.25) is 0 Å². The van der Waals surface area contributed by atoms with E-state index in [1.54, 1.807) is 24.5 Å². The lowest BCUT2D eigenvalue weighted by Crippen LogP contribution is -1.81. The fraction of sp³-hybridized carbons (Fsp3) is 0. The van der Waals surface area contributed by atoms with Gasteiger partial charge >= 0.3 is 6.15 Å². The van der Waals surface area contributed by atoms with Crippen molar-refractivity contribution in [2.24, 2.45) is 0 Å². The van der Waals surface area contributed by atoms with E-state index in [1.807, 2.05) is 0 Å². The van der Waals surface area contributed by atoms with Crippen molar-refractivity contribution in [1.82, 2.24) is 4.98 Å². The van der Waals surface area contributed by atoms with Gasteiger partial charge < -0.3 is 5.73 Å². The van der Waals surface area contributed by atoms with Crippen LogP contribution in [0.4, 0.5) is 5.69 Å². The summed E-state index contributed by atoms with van der Waals surface area (Å²) in [5.41, 5.74) is 6.08. The largest absolute Gasteiger partial charge is 0.399 e. The minimum atomic E-state index is 0.250. The van der Waals surface area contributed by atoms with Gasteiger partial charge in [0.15, 0.2) is 0 Å². The Kier molecular flexibility index (Phi) is 4.55. The molecule has 0 unspecified atom stereocenters. The van der Waals surface area contributed by atoms with E-state index in [0.717, 1.165) is 5.69 Å². The molecule has 0 aromatic carbocycles. The first-order chi connectivity index (χ1) is 4.81. The van der Waals surface area contributed by atoms with Gasteiger partial charge in [-0.05, 0) is 12.1 Å². The van der Waals surface area contributed by atoms with Crippen LogP contribution in [0.5, 0.6) is 0 Å². The average Bonchev–Trinajstić information content (AvgIpc) is 1.91. The summed E-state index contributed by atoms with van der Waals surface area (Å²) in [6.07, 6.45) is 3.57.